The Morgan fingerprint density at radius 2 is 1.46 bits per heavy atom. The zero-order valence-corrected chi connectivity index (χ0v) is 23.6. The van der Waals surface area contributed by atoms with Crippen LogP contribution in [0.4, 0.5) is 5.69 Å². The smallest absolute Gasteiger partial charge is 0.258 e. The standard InChI is InChI=1S/C34H36NO3P/c1-39(2,37)33-15-9-12-30(24-33)35(25-26-16-18-28(19-17-26)27-10-5-3-6-11-27)34(36)29-20-22-32(23-21-29)38-31-13-7-4-8-14-31/h4,7-9,12-24,27H,3,5-6,10-11,25H2,1-2H3. The van der Waals surface area contributed by atoms with Gasteiger partial charge < -0.3 is 14.2 Å². The molecule has 0 aliphatic heterocycles. The maximum atomic E-state index is 13.9. The third kappa shape index (κ3) is 6.88. The molecule has 200 valence electrons. The molecule has 0 aromatic heterocycles. The van der Waals surface area contributed by atoms with Gasteiger partial charge in [0.05, 0.1) is 6.54 Å². The Morgan fingerprint density at radius 1 is 0.795 bits per heavy atom. The van der Waals surface area contributed by atoms with Crippen LogP contribution in [-0.2, 0) is 11.1 Å². The first-order valence-corrected chi connectivity index (χ1v) is 16.4. The second-order valence-corrected chi connectivity index (χ2v) is 14.0. The molecule has 39 heavy (non-hydrogen) atoms. The minimum Gasteiger partial charge on any atom is -0.457 e. The van der Waals surface area contributed by atoms with E-state index in [4.69, 9.17) is 4.74 Å². The Hall–Kier alpha value is -3.62. The van der Waals surface area contributed by atoms with Gasteiger partial charge in [-0.2, -0.15) is 0 Å². The van der Waals surface area contributed by atoms with E-state index in [0.717, 1.165) is 22.3 Å². The zero-order chi connectivity index (χ0) is 27.2. The summed E-state index contributed by atoms with van der Waals surface area (Å²) >= 11 is 0. The van der Waals surface area contributed by atoms with Gasteiger partial charge in [-0.25, -0.2) is 0 Å². The molecule has 1 aliphatic carbocycles. The van der Waals surface area contributed by atoms with Crippen LogP contribution in [0.3, 0.4) is 0 Å². The van der Waals surface area contributed by atoms with Crippen molar-refractivity contribution in [3.8, 4) is 11.5 Å². The molecule has 0 spiro atoms. The average molecular weight is 538 g/mol. The molecule has 1 amide bonds. The molecule has 1 aliphatic rings. The summed E-state index contributed by atoms with van der Waals surface area (Å²) in [4.78, 5) is 15.7. The number of para-hydroxylation sites is 1. The van der Waals surface area contributed by atoms with Crippen molar-refractivity contribution < 1.29 is 14.1 Å². The molecule has 0 atom stereocenters. The van der Waals surface area contributed by atoms with Gasteiger partial charge in [0.15, 0.2) is 0 Å². The molecule has 0 heterocycles. The van der Waals surface area contributed by atoms with E-state index in [1.54, 1.807) is 30.4 Å². The van der Waals surface area contributed by atoms with Crippen molar-refractivity contribution in [2.75, 3.05) is 18.2 Å². The lowest BCUT2D eigenvalue weighted by Crippen LogP contribution is -2.31. The number of amides is 1. The first kappa shape index (κ1) is 27.0. The number of carbonyl (C=O) groups is 1. The second-order valence-electron chi connectivity index (χ2n) is 10.8. The van der Waals surface area contributed by atoms with Gasteiger partial charge >= 0.3 is 0 Å². The maximum Gasteiger partial charge on any atom is 0.258 e. The van der Waals surface area contributed by atoms with Crippen LogP contribution in [0.15, 0.2) is 103 Å². The lowest BCUT2D eigenvalue weighted by Gasteiger charge is -2.25. The molecule has 0 N–H and O–H groups in total. The SMILES string of the molecule is CP(C)(=O)c1cccc(N(Cc2ccc(C3CCCCC3)cc2)C(=O)c2ccc(Oc3ccccc3)cc2)c1. The van der Waals surface area contributed by atoms with Gasteiger partial charge in [-0.15, -0.1) is 0 Å². The summed E-state index contributed by atoms with van der Waals surface area (Å²) in [6.45, 7) is 3.94. The van der Waals surface area contributed by atoms with Crippen LogP contribution in [0.1, 0.15) is 59.5 Å². The minimum absolute atomic E-state index is 0.114. The lowest BCUT2D eigenvalue weighted by molar-refractivity contribution is 0.0985. The summed E-state index contributed by atoms with van der Waals surface area (Å²) in [5, 5.41) is 0.761. The van der Waals surface area contributed by atoms with Crippen LogP contribution >= 0.6 is 7.14 Å². The monoisotopic (exact) mass is 537 g/mol. The van der Waals surface area contributed by atoms with Gasteiger partial charge in [0.2, 0.25) is 0 Å². The molecular weight excluding hydrogens is 501 g/mol. The number of benzene rings is 4. The zero-order valence-electron chi connectivity index (χ0n) is 22.8. The Morgan fingerprint density at radius 3 is 2.13 bits per heavy atom. The summed E-state index contributed by atoms with van der Waals surface area (Å²) < 4.78 is 18.8. The van der Waals surface area contributed by atoms with Crippen molar-refractivity contribution in [2.45, 2.75) is 44.6 Å². The number of carbonyl (C=O) groups excluding carboxylic acids is 1. The van der Waals surface area contributed by atoms with Gasteiger partial charge in [0.25, 0.3) is 5.91 Å². The van der Waals surface area contributed by atoms with Crippen LogP contribution in [0.2, 0.25) is 0 Å². The van der Waals surface area contributed by atoms with Crippen molar-refractivity contribution in [1.29, 1.82) is 0 Å². The predicted octanol–water partition coefficient (Wildman–Crippen LogP) is 8.62. The van der Waals surface area contributed by atoms with E-state index < -0.39 is 7.14 Å². The molecule has 5 rings (SSSR count). The van der Waals surface area contributed by atoms with E-state index >= 15 is 0 Å². The Balaban J connectivity index is 1.41. The predicted molar refractivity (Wildman–Crippen MR) is 161 cm³/mol. The van der Waals surface area contributed by atoms with E-state index in [-0.39, 0.29) is 5.91 Å². The fourth-order valence-corrected chi connectivity index (χ4v) is 6.12. The highest BCUT2D eigenvalue weighted by atomic mass is 31.2. The molecule has 5 heteroatoms. The first-order valence-electron chi connectivity index (χ1n) is 13.8. The quantitative estimate of drug-likeness (QED) is 0.211. The maximum absolute atomic E-state index is 13.9. The van der Waals surface area contributed by atoms with Crippen molar-refractivity contribution in [3.05, 3.63) is 120 Å². The van der Waals surface area contributed by atoms with Crippen LogP contribution in [-0.4, -0.2) is 19.2 Å². The molecule has 1 saturated carbocycles. The number of ether oxygens (including phenoxy) is 1. The van der Waals surface area contributed by atoms with E-state index in [1.807, 2.05) is 66.7 Å². The highest BCUT2D eigenvalue weighted by Gasteiger charge is 2.21. The summed E-state index contributed by atoms with van der Waals surface area (Å²) in [5.41, 5.74) is 3.76. The lowest BCUT2D eigenvalue weighted by atomic mass is 9.84. The number of nitrogens with zero attached hydrogens (tertiary/aromatic N) is 1. The Bertz CT molecular complexity index is 1440. The van der Waals surface area contributed by atoms with Gasteiger partial charge in [-0.05, 0) is 91.7 Å². The first-order chi connectivity index (χ1) is 18.9. The molecule has 1 fully saturated rings. The molecule has 4 nitrogen and oxygen atoms in total. The summed E-state index contributed by atoms with van der Waals surface area (Å²) in [5.74, 6) is 1.94. The van der Waals surface area contributed by atoms with E-state index in [0.29, 0.717) is 23.8 Å². The van der Waals surface area contributed by atoms with Crippen molar-refractivity contribution in [2.24, 2.45) is 0 Å². The molecule has 4 aromatic rings. The number of anilines is 1. The Labute approximate surface area is 232 Å². The largest absolute Gasteiger partial charge is 0.457 e. The van der Waals surface area contributed by atoms with E-state index in [2.05, 4.69) is 24.3 Å². The molecule has 0 saturated heterocycles. The second kappa shape index (κ2) is 12.1. The third-order valence-electron chi connectivity index (χ3n) is 7.49. The molecule has 4 aromatic carbocycles. The highest BCUT2D eigenvalue weighted by Crippen LogP contribution is 2.36. The topological polar surface area (TPSA) is 46.6 Å². The Kier molecular flexibility index (Phi) is 8.33. The van der Waals surface area contributed by atoms with Crippen LogP contribution < -0.4 is 14.9 Å². The molecular formula is C34H36NO3P. The van der Waals surface area contributed by atoms with Gasteiger partial charge in [0.1, 0.15) is 18.6 Å². The number of hydrogen-bond donors (Lipinski definition) is 0. The minimum atomic E-state index is -2.49. The van der Waals surface area contributed by atoms with Gasteiger partial charge in [-0.3, -0.25) is 4.79 Å². The summed E-state index contributed by atoms with van der Waals surface area (Å²) in [6.07, 6.45) is 6.47. The molecule has 0 unspecified atom stereocenters. The third-order valence-corrected chi connectivity index (χ3v) is 9.01. The molecule has 0 radical (unpaired) electrons. The fourth-order valence-electron chi connectivity index (χ4n) is 5.24. The van der Waals surface area contributed by atoms with Crippen LogP contribution in [0.25, 0.3) is 0 Å². The highest BCUT2D eigenvalue weighted by molar-refractivity contribution is 7.70. The summed E-state index contributed by atoms with van der Waals surface area (Å²) in [6, 6.07) is 33.1. The number of hydrogen-bond acceptors (Lipinski definition) is 3. The van der Waals surface area contributed by atoms with Crippen molar-refractivity contribution in [3.63, 3.8) is 0 Å². The van der Waals surface area contributed by atoms with Crippen molar-refractivity contribution in [1.82, 2.24) is 0 Å². The van der Waals surface area contributed by atoms with Crippen LogP contribution in [0.5, 0.6) is 11.5 Å². The number of rotatable bonds is 8. The normalized spacial score (nSPS) is 14.1. The van der Waals surface area contributed by atoms with E-state index in [1.165, 1.54) is 37.7 Å². The van der Waals surface area contributed by atoms with Gasteiger partial charge in [-0.1, -0.05) is 73.9 Å². The average Bonchev–Trinajstić information content (AvgIpc) is 2.97. The van der Waals surface area contributed by atoms with Crippen LogP contribution in [0, 0.1) is 0 Å². The van der Waals surface area contributed by atoms with E-state index in [9.17, 15) is 9.36 Å². The van der Waals surface area contributed by atoms with Gasteiger partial charge in [0, 0.05) is 16.6 Å². The van der Waals surface area contributed by atoms with Crippen molar-refractivity contribution >= 4 is 24.0 Å². The summed E-state index contributed by atoms with van der Waals surface area (Å²) in [7, 11) is -2.49. The fraction of sp³-hybridized carbons (Fsp3) is 0.265. The molecule has 0 bridgehead atoms.